The number of hydrogen-bond acceptors (Lipinski definition) is 3. The molecule has 1 aliphatic heterocycles. The number of sulfonamides is 1. The maximum Gasteiger partial charge on any atom is 0.265 e. The number of carbonyl (C=O) groups is 1. The minimum absolute atomic E-state index is 0.0973. The Labute approximate surface area is 135 Å². The van der Waals surface area contributed by atoms with E-state index < -0.39 is 15.9 Å². The number of aromatic nitrogens is 1. The van der Waals surface area contributed by atoms with Crippen molar-refractivity contribution in [3.63, 3.8) is 0 Å². The molecular weight excluding hydrogens is 314 g/mol. The molecule has 0 saturated heterocycles. The largest absolute Gasteiger partial charge is 0.364 e. The molecule has 1 aromatic heterocycles. The fourth-order valence-electron chi connectivity index (χ4n) is 3.03. The van der Waals surface area contributed by atoms with E-state index in [1.807, 2.05) is 31.2 Å². The third-order valence-corrected chi connectivity index (χ3v) is 6.22. The molecule has 7 heteroatoms. The van der Waals surface area contributed by atoms with E-state index in [1.54, 1.807) is 7.05 Å². The lowest BCUT2D eigenvalue weighted by molar-refractivity contribution is 0.0992. The first kappa shape index (κ1) is 15.8. The molecule has 0 radical (unpaired) electrons. The Kier molecular flexibility index (Phi) is 3.77. The first-order chi connectivity index (χ1) is 10.8. The van der Waals surface area contributed by atoms with Crippen molar-refractivity contribution in [3.8, 4) is 0 Å². The van der Waals surface area contributed by atoms with Crippen molar-refractivity contribution in [2.75, 3.05) is 0 Å². The van der Waals surface area contributed by atoms with E-state index >= 15 is 0 Å². The van der Waals surface area contributed by atoms with E-state index in [4.69, 9.17) is 5.73 Å². The van der Waals surface area contributed by atoms with Crippen LogP contribution in [0, 0.1) is 0 Å². The number of carbonyl (C=O) groups excluding carboxylic acids is 1. The van der Waals surface area contributed by atoms with E-state index in [2.05, 4.69) is 0 Å². The van der Waals surface area contributed by atoms with Crippen LogP contribution in [-0.2, 0) is 30.0 Å². The molecule has 0 spiro atoms. The molecule has 0 aliphatic carbocycles. The number of hydrogen-bond donors (Lipinski definition) is 1. The molecule has 0 fully saturated rings. The van der Waals surface area contributed by atoms with Gasteiger partial charge in [-0.05, 0) is 30.5 Å². The van der Waals surface area contributed by atoms with Crippen LogP contribution in [0.1, 0.15) is 28.5 Å². The van der Waals surface area contributed by atoms with Crippen molar-refractivity contribution in [2.45, 2.75) is 30.8 Å². The van der Waals surface area contributed by atoms with Crippen molar-refractivity contribution in [2.24, 2.45) is 12.8 Å². The molecule has 1 aromatic carbocycles. The van der Waals surface area contributed by atoms with Gasteiger partial charge in [0.2, 0.25) is 10.0 Å². The van der Waals surface area contributed by atoms with E-state index in [9.17, 15) is 13.2 Å². The van der Waals surface area contributed by atoms with Gasteiger partial charge in [-0.25, -0.2) is 8.42 Å². The first-order valence-corrected chi connectivity index (χ1v) is 8.79. The summed E-state index contributed by atoms with van der Waals surface area (Å²) >= 11 is 0. The maximum absolute atomic E-state index is 13.0. The Hall–Kier alpha value is -2.12. The Morgan fingerprint density at radius 3 is 2.52 bits per heavy atom. The molecule has 1 aliphatic rings. The van der Waals surface area contributed by atoms with Crippen LogP contribution in [0.3, 0.4) is 0 Å². The van der Waals surface area contributed by atoms with Gasteiger partial charge in [0.15, 0.2) is 0 Å². The minimum atomic E-state index is -3.68. The number of nitrogens with two attached hydrogens (primary N) is 1. The van der Waals surface area contributed by atoms with Gasteiger partial charge in [0.25, 0.3) is 5.91 Å². The third kappa shape index (κ3) is 2.66. The molecule has 1 unspecified atom stereocenters. The highest BCUT2D eigenvalue weighted by molar-refractivity contribution is 7.89. The molecule has 3 rings (SSSR count). The van der Waals surface area contributed by atoms with Gasteiger partial charge in [-0.3, -0.25) is 4.79 Å². The molecule has 0 bridgehead atoms. The topological polar surface area (TPSA) is 85.4 Å². The number of aryl methyl sites for hydroxylation is 1. The van der Waals surface area contributed by atoms with Gasteiger partial charge in [-0.2, -0.15) is 4.31 Å². The van der Waals surface area contributed by atoms with Gasteiger partial charge >= 0.3 is 0 Å². The van der Waals surface area contributed by atoms with Gasteiger partial charge in [-0.1, -0.05) is 24.3 Å². The van der Waals surface area contributed by atoms with Gasteiger partial charge in [0.05, 0.1) is 0 Å². The minimum Gasteiger partial charge on any atom is -0.364 e. The lowest BCUT2D eigenvalue weighted by atomic mass is 9.97. The SMILES string of the molecule is CC1Cc2ccccc2CN1S(=O)(=O)c1cc(C(N)=O)n(C)c1. The number of nitrogens with zero attached hydrogens (tertiary/aromatic N) is 2. The molecule has 1 atom stereocenters. The maximum atomic E-state index is 13.0. The molecule has 23 heavy (non-hydrogen) atoms. The second-order valence-corrected chi connectivity index (χ2v) is 7.80. The van der Waals surface area contributed by atoms with Gasteiger partial charge in [-0.15, -0.1) is 0 Å². The van der Waals surface area contributed by atoms with Crippen molar-refractivity contribution in [3.05, 3.63) is 53.3 Å². The summed E-state index contributed by atoms with van der Waals surface area (Å²) in [7, 11) is -2.08. The number of primary amides is 1. The predicted molar refractivity (Wildman–Crippen MR) is 86.3 cm³/mol. The van der Waals surface area contributed by atoms with E-state index in [-0.39, 0.29) is 16.6 Å². The lowest BCUT2D eigenvalue weighted by Gasteiger charge is -2.33. The summed E-state index contributed by atoms with van der Waals surface area (Å²) in [5.41, 5.74) is 7.64. The van der Waals surface area contributed by atoms with Crippen molar-refractivity contribution in [1.29, 1.82) is 0 Å². The highest BCUT2D eigenvalue weighted by atomic mass is 32.2. The van der Waals surface area contributed by atoms with Crippen LogP contribution in [0.25, 0.3) is 0 Å². The molecule has 6 nitrogen and oxygen atoms in total. The second kappa shape index (κ2) is 5.50. The zero-order chi connectivity index (χ0) is 16.8. The summed E-state index contributed by atoms with van der Waals surface area (Å²) in [6, 6.07) is 9.05. The molecule has 0 saturated carbocycles. The average Bonchev–Trinajstić information content (AvgIpc) is 2.89. The van der Waals surface area contributed by atoms with E-state index in [1.165, 1.54) is 26.7 Å². The highest BCUT2D eigenvalue weighted by Gasteiger charge is 2.34. The summed E-state index contributed by atoms with van der Waals surface area (Å²) in [5, 5.41) is 0. The summed E-state index contributed by atoms with van der Waals surface area (Å²) < 4.78 is 28.8. The Bertz CT molecular complexity index is 870. The van der Waals surface area contributed by atoms with Crippen LogP contribution >= 0.6 is 0 Å². The van der Waals surface area contributed by atoms with E-state index in [0.29, 0.717) is 13.0 Å². The fourth-order valence-corrected chi connectivity index (χ4v) is 4.71. The number of amides is 1. The van der Waals surface area contributed by atoms with Crippen molar-refractivity contribution in [1.82, 2.24) is 8.87 Å². The summed E-state index contributed by atoms with van der Waals surface area (Å²) in [4.78, 5) is 11.5. The molecule has 1 amide bonds. The second-order valence-electron chi connectivity index (χ2n) is 5.91. The number of benzene rings is 1. The van der Waals surface area contributed by atoms with Gasteiger partial charge in [0, 0.05) is 25.8 Å². The molecule has 122 valence electrons. The summed E-state index contributed by atoms with van der Waals surface area (Å²) in [6.45, 7) is 2.23. The Balaban J connectivity index is 2.00. The lowest BCUT2D eigenvalue weighted by Crippen LogP contribution is -2.42. The predicted octanol–water partition coefficient (Wildman–Crippen LogP) is 1.26. The molecule has 2 N–H and O–H groups in total. The summed E-state index contributed by atoms with van der Waals surface area (Å²) in [6.07, 6.45) is 2.10. The quantitative estimate of drug-likeness (QED) is 0.917. The standard InChI is InChI=1S/C16H19N3O3S/c1-11-7-12-5-3-4-6-13(12)9-19(11)23(21,22)14-8-15(16(17)20)18(2)10-14/h3-6,8,10-11H,7,9H2,1-2H3,(H2,17,20). The van der Waals surface area contributed by atoms with Crippen LogP contribution in [0.2, 0.25) is 0 Å². The molecule has 2 aromatic rings. The van der Waals surface area contributed by atoms with Crippen LogP contribution in [0.5, 0.6) is 0 Å². The monoisotopic (exact) mass is 333 g/mol. The van der Waals surface area contributed by atoms with Gasteiger partial charge in [0.1, 0.15) is 10.6 Å². The van der Waals surface area contributed by atoms with Crippen LogP contribution < -0.4 is 5.73 Å². The fraction of sp³-hybridized carbons (Fsp3) is 0.312. The third-order valence-electron chi connectivity index (χ3n) is 4.29. The Morgan fingerprint density at radius 1 is 1.26 bits per heavy atom. The van der Waals surface area contributed by atoms with Crippen LogP contribution in [0.4, 0.5) is 0 Å². The molecular formula is C16H19N3O3S. The normalized spacial score (nSPS) is 18.6. The number of rotatable bonds is 3. The Morgan fingerprint density at radius 2 is 1.91 bits per heavy atom. The van der Waals surface area contributed by atoms with Crippen LogP contribution in [0.15, 0.2) is 41.4 Å². The van der Waals surface area contributed by atoms with Crippen molar-refractivity contribution < 1.29 is 13.2 Å². The smallest absolute Gasteiger partial charge is 0.265 e. The van der Waals surface area contributed by atoms with Gasteiger partial charge < -0.3 is 10.3 Å². The first-order valence-electron chi connectivity index (χ1n) is 7.35. The molecule has 2 heterocycles. The average molecular weight is 333 g/mol. The number of fused-ring (bicyclic) bond motifs is 1. The van der Waals surface area contributed by atoms with Crippen molar-refractivity contribution >= 4 is 15.9 Å². The summed E-state index contributed by atoms with van der Waals surface area (Å²) in [5.74, 6) is -0.647. The van der Waals surface area contributed by atoms with E-state index in [0.717, 1.165) is 5.56 Å². The van der Waals surface area contributed by atoms with Crippen LogP contribution in [-0.4, -0.2) is 29.2 Å². The zero-order valence-electron chi connectivity index (χ0n) is 13.1. The highest BCUT2D eigenvalue weighted by Crippen LogP contribution is 2.29. The zero-order valence-corrected chi connectivity index (χ0v) is 13.9.